The fourth-order valence-corrected chi connectivity index (χ4v) is 1.24. The van der Waals surface area contributed by atoms with Gasteiger partial charge in [-0.15, -0.1) is 6.58 Å². The summed E-state index contributed by atoms with van der Waals surface area (Å²) in [5.41, 5.74) is 2.41. The van der Waals surface area contributed by atoms with Crippen molar-refractivity contribution in [2.75, 3.05) is 0 Å². The van der Waals surface area contributed by atoms with Crippen LogP contribution in [0.1, 0.15) is 17.5 Å². The van der Waals surface area contributed by atoms with Gasteiger partial charge in [0.25, 0.3) is 0 Å². The van der Waals surface area contributed by atoms with Gasteiger partial charge in [-0.2, -0.15) is 0 Å². The lowest BCUT2D eigenvalue weighted by molar-refractivity contribution is 0.229. The van der Waals surface area contributed by atoms with E-state index in [0.29, 0.717) is 5.71 Å². The molecule has 0 aliphatic carbocycles. The number of aryl methyl sites for hydroxylation is 1. The topological polar surface area (TPSA) is 52.8 Å². The molecule has 0 aliphatic rings. The van der Waals surface area contributed by atoms with Crippen molar-refractivity contribution in [1.29, 1.82) is 0 Å². The third-order valence-corrected chi connectivity index (χ3v) is 2.18. The van der Waals surface area contributed by atoms with Gasteiger partial charge in [0, 0.05) is 6.42 Å². The monoisotopic (exact) mass is 205 g/mol. The van der Waals surface area contributed by atoms with Gasteiger partial charge in [0.05, 0.1) is 11.8 Å². The van der Waals surface area contributed by atoms with E-state index in [1.54, 1.807) is 0 Å². The molecule has 0 bridgehead atoms. The van der Waals surface area contributed by atoms with Gasteiger partial charge in [-0.1, -0.05) is 41.1 Å². The molecule has 0 radical (unpaired) electrons. The first kappa shape index (κ1) is 11.5. The molecule has 1 atom stereocenters. The Kier molecular flexibility index (Phi) is 4.06. The van der Waals surface area contributed by atoms with Crippen molar-refractivity contribution in [3.05, 3.63) is 48.0 Å². The van der Waals surface area contributed by atoms with Gasteiger partial charge >= 0.3 is 0 Å². The van der Waals surface area contributed by atoms with Crippen molar-refractivity contribution in [3.63, 3.8) is 0 Å². The smallest absolute Gasteiger partial charge is 0.0896 e. The molecule has 3 nitrogen and oxygen atoms in total. The first-order chi connectivity index (χ1) is 7.17. The molecule has 0 saturated heterocycles. The van der Waals surface area contributed by atoms with Crippen LogP contribution in [0.3, 0.4) is 0 Å². The van der Waals surface area contributed by atoms with Crippen molar-refractivity contribution in [2.24, 2.45) is 5.16 Å². The molecule has 0 spiro atoms. The number of hydrogen-bond acceptors (Lipinski definition) is 3. The number of nitrogens with zero attached hydrogens (tertiary/aromatic N) is 1. The van der Waals surface area contributed by atoms with Gasteiger partial charge in [0.1, 0.15) is 0 Å². The summed E-state index contributed by atoms with van der Waals surface area (Å²) < 4.78 is 0. The summed E-state index contributed by atoms with van der Waals surface area (Å²) in [4.78, 5) is 0. The zero-order valence-electron chi connectivity index (χ0n) is 8.72. The minimum absolute atomic E-state index is 0.267. The number of rotatable bonds is 4. The molecule has 1 aromatic rings. The highest BCUT2D eigenvalue weighted by Gasteiger charge is 2.08. The Bertz CT molecular complexity index is 354. The molecule has 0 heterocycles. The van der Waals surface area contributed by atoms with Crippen LogP contribution in [0.5, 0.6) is 0 Å². The molecule has 2 N–H and O–H groups in total. The predicted molar refractivity (Wildman–Crippen MR) is 60.3 cm³/mol. The fourth-order valence-electron chi connectivity index (χ4n) is 1.24. The predicted octanol–water partition coefficient (Wildman–Crippen LogP) is 2.11. The van der Waals surface area contributed by atoms with E-state index in [0.717, 1.165) is 11.1 Å². The van der Waals surface area contributed by atoms with E-state index in [9.17, 15) is 5.11 Å². The van der Waals surface area contributed by atoms with Gasteiger partial charge in [-0.05, 0) is 12.5 Å². The van der Waals surface area contributed by atoms with Crippen molar-refractivity contribution < 1.29 is 10.3 Å². The van der Waals surface area contributed by atoms with Gasteiger partial charge in [0.2, 0.25) is 0 Å². The zero-order chi connectivity index (χ0) is 11.3. The Morgan fingerprint density at radius 1 is 1.47 bits per heavy atom. The maximum atomic E-state index is 9.37. The molecule has 1 rings (SSSR count). The van der Waals surface area contributed by atoms with Crippen LogP contribution in [-0.4, -0.2) is 22.1 Å². The average molecular weight is 205 g/mol. The quantitative estimate of drug-likeness (QED) is 0.342. The zero-order valence-corrected chi connectivity index (χ0v) is 8.72. The van der Waals surface area contributed by atoms with Gasteiger partial charge in [-0.3, -0.25) is 0 Å². The summed E-state index contributed by atoms with van der Waals surface area (Å²) in [5, 5.41) is 21.4. The summed E-state index contributed by atoms with van der Waals surface area (Å²) in [7, 11) is 0. The van der Waals surface area contributed by atoms with E-state index in [4.69, 9.17) is 5.21 Å². The molecule has 1 aromatic carbocycles. The second-order valence-electron chi connectivity index (χ2n) is 3.42. The third-order valence-electron chi connectivity index (χ3n) is 2.18. The van der Waals surface area contributed by atoms with Gasteiger partial charge in [-0.25, -0.2) is 0 Å². The van der Waals surface area contributed by atoms with Gasteiger partial charge in [0.15, 0.2) is 0 Å². The summed E-state index contributed by atoms with van der Waals surface area (Å²) in [6.45, 7) is 5.45. The molecule has 3 heteroatoms. The standard InChI is InChI=1S/C12H15NO2/c1-3-11(14)8-12(13-15)10-6-4-9(2)5-7-10/h3-7,11,14-15H,1,8H2,2H3/b13-12-. The lowest BCUT2D eigenvalue weighted by Gasteiger charge is -2.07. The molecular formula is C12H15NO2. The average Bonchev–Trinajstić information content (AvgIpc) is 2.27. The molecule has 1 unspecified atom stereocenters. The molecule has 80 valence electrons. The van der Waals surface area contributed by atoms with Crippen LogP contribution < -0.4 is 0 Å². The van der Waals surface area contributed by atoms with E-state index < -0.39 is 6.10 Å². The number of aliphatic hydroxyl groups is 1. The highest BCUT2D eigenvalue weighted by atomic mass is 16.4. The van der Waals surface area contributed by atoms with Crippen LogP contribution in [0.2, 0.25) is 0 Å². The molecule has 15 heavy (non-hydrogen) atoms. The van der Waals surface area contributed by atoms with E-state index in [1.807, 2.05) is 31.2 Å². The highest BCUT2D eigenvalue weighted by molar-refractivity contribution is 6.00. The maximum Gasteiger partial charge on any atom is 0.0896 e. The molecule has 0 fully saturated rings. The second kappa shape index (κ2) is 5.32. The Morgan fingerprint density at radius 3 is 2.53 bits per heavy atom. The summed E-state index contributed by atoms with van der Waals surface area (Å²) in [6.07, 6.45) is 1.000. The van der Waals surface area contributed by atoms with Crippen LogP contribution in [0.4, 0.5) is 0 Å². The number of aliphatic hydroxyl groups excluding tert-OH is 1. The van der Waals surface area contributed by atoms with Crippen LogP contribution in [0, 0.1) is 6.92 Å². The van der Waals surface area contributed by atoms with E-state index in [1.165, 1.54) is 6.08 Å². The van der Waals surface area contributed by atoms with E-state index in [2.05, 4.69) is 11.7 Å². The minimum atomic E-state index is -0.683. The van der Waals surface area contributed by atoms with Crippen molar-refractivity contribution >= 4 is 5.71 Å². The Hall–Kier alpha value is -1.61. The van der Waals surface area contributed by atoms with E-state index >= 15 is 0 Å². The summed E-state index contributed by atoms with van der Waals surface area (Å²) in [6, 6.07) is 7.59. The number of benzene rings is 1. The van der Waals surface area contributed by atoms with Gasteiger partial charge < -0.3 is 10.3 Å². The number of hydrogen-bond donors (Lipinski definition) is 2. The SMILES string of the molecule is C=CC(O)C/C(=N/O)c1ccc(C)cc1. The summed E-state index contributed by atoms with van der Waals surface area (Å²) >= 11 is 0. The highest BCUT2D eigenvalue weighted by Crippen LogP contribution is 2.09. The normalized spacial score (nSPS) is 13.6. The first-order valence-electron chi connectivity index (χ1n) is 4.76. The molecule has 0 aromatic heterocycles. The lowest BCUT2D eigenvalue weighted by atomic mass is 10.0. The van der Waals surface area contributed by atoms with Crippen LogP contribution >= 0.6 is 0 Å². The van der Waals surface area contributed by atoms with Crippen molar-refractivity contribution in [1.82, 2.24) is 0 Å². The first-order valence-corrected chi connectivity index (χ1v) is 4.76. The van der Waals surface area contributed by atoms with E-state index in [-0.39, 0.29) is 6.42 Å². The van der Waals surface area contributed by atoms with Crippen LogP contribution in [0.25, 0.3) is 0 Å². The molecule has 0 saturated carbocycles. The Balaban J connectivity index is 2.84. The van der Waals surface area contributed by atoms with Crippen molar-refractivity contribution in [2.45, 2.75) is 19.4 Å². The fraction of sp³-hybridized carbons (Fsp3) is 0.250. The largest absolute Gasteiger partial charge is 0.411 e. The molecular weight excluding hydrogens is 190 g/mol. The maximum absolute atomic E-state index is 9.37. The molecule has 0 aliphatic heterocycles. The molecule has 0 amide bonds. The summed E-state index contributed by atoms with van der Waals surface area (Å²) in [5.74, 6) is 0. The Morgan fingerprint density at radius 2 is 2.07 bits per heavy atom. The van der Waals surface area contributed by atoms with Crippen LogP contribution in [-0.2, 0) is 0 Å². The van der Waals surface area contributed by atoms with Crippen molar-refractivity contribution in [3.8, 4) is 0 Å². The minimum Gasteiger partial charge on any atom is -0.411 e. The lowest BCUT2D eigenvalue weighted by Crippen LogP contribution is -2.11. The number of oxime groups is 1. The second-order valence-corrected chi connectivity index (χ2v) is 3.42. The third kappa shape index (κ3) is 3.22. The Labute approximate surface area is 89.4 Å². The van der Waals surface area contributed by atoms with Crippen LogP contribution in [0.15, 0.2) is 42.1 Å².